The molecule has 4 nitrogen and oxygen atoms in total. The first-order valence-corrected chi connectivity index (χ1v) is 6.78. The lowest BCUT2D eigenvalue weighted by Crippen LogP contribution is -2.24. The SMILES string of the molecule is CCC(C)n1cc(O)c(=O)cc1CN1CCCC1. The van der Waals surface area contributed by atoms with Crippen LogP contribution in [0.4, 0.5) is 0 Å². The molecule has 2 heterocycles. The molecule has 1 unspecified atom stereocenters. The quantitative estimate of drug-likeness (QED) is 0.890. The van der Waals surface area contributed by atoms with Crippen LogP contribution in [0, 0.1) is 0 Å². The van der Waals surface area contributed by atoms with E-state index in [1.54, 1.807) is 12.3 Å². The van der Waals surface area contributed by atoms with Crippen molar-refractivity contribution in [3.05, 3.63) is 28.2 Å². The normalized spacial score (nSPS) is 18.1. The molecular weight excluding hydrogens is 228 g/mol. The Morgan fingerprint density at radius 2 is 2.06 bits per heavy atom. The Bertz CT molecular complexity index is 461. The molecule has 1 saturated heterocycles. The van der Waals surface area contributed by atoms with E-state index in [9.17, 15) is 9.90 Å². The third kappa shape index (κ3) is 2.75. The molecule has 1 fully saturated rings. The van der Waals surface area contributed by atoms with Crippen molar-refractivity contribution in [2.75, 3.05) is 13.1 Å². The van der Waals surface area contributed by atoms with Gasteiger partial charge in [-0.2, -0.15) is 0 Å². The highest BCUT2D eigenvalue weighted by molar-refractivity contribution is 5.21. The molecule has 1 aliphatic heterocycles. The van der Waals surface area contributed by atoms with Gasteiger partial charge in [0.1, 0.15) is 0 Å². The second-order valence-corrected chi connectivity index (χ2v) is 5.16. The van der Waals surface area contributed by atoms with E-state index < -0.39 is 0 Å². The van der Waals surface area contributed by atoms with E-state index in [2.05, 4.69) is 18.7 Å². The lowest BCUT2D eigenvalue weighted by Gasteiger charge is -2.23. The highest BCUT2D eigenvalue weighted by atomic mass is 16.3. The molecule has 2 rings (SSSR count). The Kier molecular flexibility index (Phi) is 4.07. The van der Waals surface area contributed by atoms with Crippen LogP contribution in [-0.4, -0.2) is 27.7 Å². The molecule has 1 N–H and O–H groups in total. The van der Waals surface area contributed by atoms with Crippen molar-refractivity contribution in [3.63, 3.8) is 0 Å². The minimum atomic E-state index is -0.274. The molecule has 0 saturated carbocycles. The Morgan fingerprint density at radius 3 is 2.67 bits per heavy atom. The second kappa shape index (κ2) is 5.57. The largest absolute Gasteiger partial charge is 0.503 e. The number of likely N-dealkylation sites (tertiary alicyclic amines) is 1. The number of rotatable bonds is 4. The summed E-state index contributed by atoms with van der Waals surface area (Å²) < 4.78 is 2.04. The third-order valence-corrected chi connectivity index (χ3v) is 3.79. The van der Waals surface area contributed by atoms with Gasteiger partial charge in [-0.15, -0.1) is 0 Å². The van der Waals surface area contributed by atoms with E-state index in [1.807, 2.05) is 4.57 Å². The lowest BCUT2D eigenvalue weighted by atomic mass is 10.2. The molecule has 0 bridgehead atoms. The fraction of sp³-hybridized carbons (Fsp3) is 0.643. The van der Waals surface area contributed by atoms with Crippen LogP contribution in [0.15, 0.2) is 17.1 Å². The van der Waals surface area contributed by atoms with Gasteiger partial charge in [-0.1, -0.05) is 6.92 Å². The van der Waals surface area contributed by atoms with Gasteiger partial charge in [-0.25, -0.2) is 0 Å². The molecule has 1 atom stereocenters. The first-order chi connectivity index (χ1) is 8.61. The zero-order chi connectivity index (χ0) is 13.1. The number of aromatic nitrogens is 1. The van der Waals surface area contributed by atoms with Crippen molar-refractivity contribution in [2.24, 2.45) is 0 Å². The Hall–Kier alpha value is -1.29. The molecule has 18 heavy (non-hydrogen) atoms. The van der Waals surface area contributed by atoms with Gasteiger partial charge in [0.15, 0.2) is 5.75 Å². The molecular formula is C14H22N2O2. The minimum absolute atomic E-state index is 0.152. The maximum Gasteiger partial charge on any atom is 0.223 e. The summed E-state index contributed by atoms with van der Waals surface area (Å²) in [6.45, 7) is 7.24. The maximum absolute atomic E-state index is 11.6. The Balaban J connectivity index is 2.30. The van der Waals surface area contributed by atoms with Crippen molar-refractivity contribution in [3.8, 4) is 5.75 Å². The summed E-state index contributed by atoms with van der Waals surface area (Å²) in [5, 5.41) is 9.58. The lowest BCUT2D eigenvalue weighted by molar-refractivity contribution is 0.313. The van der Waals surface area contributed by atoms with Crippen LogP contribution in [-0.2, 0) is 6.54 Å². The number of hydrogen-bond acceptors (Lipinski definition) is 3. The number of hydrogen-bond donors (Lipinski definition) is 1. The zero-order valence-electron chi connectivity index (χ0n) is 11.2. The molecule has 0 amide bonds. The van der Waals surface area contributed by atoms with Crippen LogP contribution in [0.1, 0.15) is 44.8 Å². The predicted octanol–water partition coefficient (Wildman–Crippen LogP) is 2.12. The summed E-state index contributed by atoms with van der Waals surface area (Å²) in [6, 6.07) is 1.88. The Morgan fingerprint density at radius 1 is 1.39 bits per heavy atom. The predicted molar refractivity (Wildman–Crippen MR) is 71.9 cm³/mol. The number of aromatic hydroxyl groups is 1. The first kappa shape index (κ1) is 13.1. The van der Waals surface area contributed by atoms with Gasteiger partial charge >= 0.3 is 0 Å². The minimum Gasteiger partial charge on any atom is -0.503 e. The van der Waals surface area contributed by atoms with Gasteiger partial charge in [0, 0.05) is 24.3 Å². The van der Waals surface area contributed by atoms with Crippen molar-refractivity contribution >= 4 is 0 Å². The van der Waals surface area contributed by atoms with E-state index in [0.717, 1.165) is 31.7 Å². The molecule has 100 valence electrons. The van der Waals surface area contributed by atoms with Crippen LogP contribution in [0.5, 0.6) is 5.75 Å². The fourth-order valence-corrected chi connectivity index (χ4v) is 2.48. The summed E-state index contributed by atoms with van der Waals surface area (Å²) in [4.78, 5) is 14.0. The van der Waals surface area contributed by atoms with Gasteiger partial charge in [0.05, 0.1) is 6.20 Å². The van der Waals surface area contributed by atoms with Gasteiger partial charge in [-0.3, -0.25) is 9.69 Å². The second-order valence-electron chi connectivity index (χ2n) is 5.16. The zero-order valence-corrected chi connectivity index (χ0v) is 11.2. The summed E-state index contributed by atoms with van der Waals surface area (Å²) in [7, 11) is 0. The molecule has 1 aromatic heterocycles. The smallest absolute Gasteiger partial charge is 0.223 e. The molecule has 0 radical (unpaired) electrons. The van der Waals surface area contributed by atoms with Gasteiger partial charge in [0.25, 0.3) is 0 Å². The van der Waals surface area contributed by atoms with E-state index in [1.165, 1.54) is 12.8 Å². The van der Waals surface area contributed by atoms with Crippen molar-refractivity contribution < 1.29 is 5.11 Å². The topological polar surface area (TPSA) is 45.5 Å². The van der Waals surface area contributed by atoms with Crippen LogP contribution in [0.25, 0.3) is 0 Å². The fourth-order valence-electron chi connectivity index (χ4n) is 2.48. The first-order valence-electron chi connectivity index (χ1n) is 6.78. The summed E-state index contributed by atoms with van der Waals surface area (Å²) in [6.07, 6.45) is 5.05. The van der Waals surface area contributed by atoms with Crippen molar-refractivity contribution in [2.45, 2.75) is 45.7 Å². The van der Waals surface area contributed by atoms with Crippen LogP contribution >= 0.6 is 0 Å². The van der Waals surface area contributed by atoms with E-state index >= 15 is 0 Å². The van der Waals surface area contributed by atoms with Crippen molar-refractivity contribution in [1.29, 1.82) is 0 Å². The highest BCUT2D eigenvalue weighted by Gasteiger charge is 2.16. The highest BCUT2D eigenvalue weighted by Crippen LogP contribution is 2.19. The van der Waals surface area contributed by atoms with Gasteiger partial charge in [0.2, 0.25) is 5.43 Å². The molecule has 4 heteroatoms. The van der Waals surface area contributed by atoms with Crippen LogP contribution < -0.4 is 5.43 Å². The number of nitrogens with zero attached hydrogens (tertiary/aromatic N) is 2. The van der Waals surface area contributed by atoms with Gasteiger partial charge < -0.3 is 9.67 Å². The average Bonchev–Trinajstić information content (AvgIpc) is 2.85. The van der Waals surface area contributed by atoms with Crippen LogP contribution in [0.2, 0.25) is 0 Å². The van der Waals surface area contributed by atoms with E-state index in [4.69, 9.17) is 0 Å². The summed E-state index contributed by atoms with van der Waals surface area (Å²) in [5.41, 5.74) is 0.734. The third-order valence-electron chi connectivity index (χ3n) is 3.79. The monoisotopic (exact) mass is 250 g/mol. The number of pyridine rings is 1. The van der Waals surface area contributed by atoms with Crippen molar-refractivity contribution in [1.82, 2.24) is 9.47 Å². The standard InChI is InChI=1S/C14H22N2O2/c1-3-11(2)16-10-14(18)13(17)8-12(16)9-15-6-4-5-7-15/h8,10-11,18H,3-7,9H2,1-2H3. The van der Waals surface area contributed by atoms with E-state index in [0.29, 0.717) is 6.04 Å². The van der Waals surface area contributed by atoms with Gasteiger partial charge in [-0.05, 0) is 39.3 Å². The summed E-state index contributed by atoms with van der Waals surface area (Å²) >= 11 is 0. The summed E-state index contributed by atoms with van der Waals surface area (Å²) in [5.74, 6) is -0.152. The molecule has 0 aliphatic carbocycles. The maximum atomic E-state index is 11.6. The van der Waals surface area contributed by atoms with E-state index in [-0.39, 0.29) is 11.2 Å². The average molecular weight is 250 g/mol. The molecule has 0 aromatic carbocycles. The molecule has 0 spiro atoms. The van der Waals surface area contributed by atoms with Crippen LogP contribution in [0.3, 0.4) is 0 Å². The Labute approximate surface area is 108 Å². The molecule has 1 aliphatic rings. The molecule has 1 aromatic rings.